The van der Waals surface area contributed by atoms with Crippen molar-refractivity contribution in [1.29, 1.82) is 0 Å². The van der Waals surface area contributed by atoms with E-state index in [1.807, 2.05) is 20.8 Å². The molecule has 0 spiro atoms. The van der Waals surface area contributed by atoms with Crippen molar-refractivity contribution in [3.63, 3.8) is 0 Å². The normalized spacial score (nSPS) is 29.3. The average Bonchev–Trinajstić information content (AvgIpc) is 2.38. The molecule has 0 radical (unpaired) electrons. The Hall–Kier alpha value is -1.26. The summed E-state index contributed by atoms with van der Waals surface area (Å²) in [5.41, 5.74) is -0.505. The van der Waals surface area contributed by atoms with Gasteiger partial charge in [0.2, 0.25) is 5.91 Å². The van der Waals surface area contributed by atoms with Crippen molar-refractivity contribution in [3.05, 3.63) is 0 Å². The van der Waals surface area contributed by atoms with Gasteiger partial charge in [-0.1, -0.05) is 0 Å². The molecule has 5 nitrogen and oxygen atoms in total. The van der Waals surface area contributed by atoms with E-state index in [0.717, 1.165) is 6.42 Å². The van der Waals surface area contributed by atoms with Crippen LogP contribution < -0.4 is 5.32 Å². The highest BCUT2D eigenvalue weighted by Crippen LogP contribution is 2.26. The molecule has 2 unspecified atom stereocenters. The smallest absolute Gasteiger partial charge is 0.411 e. The van der Waals surface area contributed by atoms with Gasteiger partial charge in [-0.2, -0.15) is 0 Å². The van der Waals surface area contributed by atoms with Crippen LogP contribution in [0.25, 0.3) is 0 Å². The number of hydrogen-bond donors (Lipinski definition) is 1. The fourth-order valence-corrected chi connectivity index (χ4v) is 1.96. The molecule has 0 aliphatic carbocycles. The first-order chi connectivity index (χ1) is 6.88. The Morgan fingerprint density at radius 2 is 2.20 bits per heavy atom. The van der Waals surface area contributed by atoms with E-state index >= 15 is 0 Å². The van der Waals surface area contributed by atoms with Crippen LogP contribution in [0.15, 0.2) is 0 Å². The molecule has 0 aromatic carbocycles. The third-order valence-corrected chi connectivity index (χ3v) is 2.62. The minimum Gasteiger partial charge on any atom is -0.444 e. The predicted molar refractivity (Wildman–Crippen MR) is 53.3 cm³/mol. The quantitative estimate of drug-likeness (QED) is 0.595. The van der Waals surface area contributed by atoms with Crippen LogP contribution >= 0.6 is 0 Å². The van der Waals surface area contributed by atoms with Gasteiger partial charge in [0.05, 0.1) is 6.04 Å². The van der Waals surface area contributed by atoms with Gasteiger partial charge >= 0.3 is 6.09 Å². The Morgan fingerprint density at radius 1 is 1.53 bits per heavy atom. The maximum atomic E-state index is 11.7. The lowest BCUT2D eigenvalue weighted by molar-refractivity contribution is -0.133. The van der Waals surface area contributed by atoms with Crippen LogP contribution in [-0.2, 0) is 9.53 Å². The lowest BCUT2D eigenvalue weighted by atomic mass is 10.0. The molecule has 0 aromatic heterocycles. The number of nitrogens with one attached hydrogen (secondary N) is 1. The number of carbonyl (C=O) groups is 2. The second-order valence-corrected chi connectivity index (χ2v) is 5.02. The first kappa shape index (κ1) is 10.3. The summed E-state index contributed by atoms with van der Waals surface area (Å²) >= 11 is 0. The summed E-state index contributed by atoms with van der Waals surface area (Å²) in [7, 11) is 0. The number of amides is 2. The number of β-lactam (4-membered cyclic amide) rings is 1. The van der Waals surface area contributed by atoms with E-state index in [-0.39, 0.29) is 24.1 Å². The highest BCUT2D eigenvalue weighted by Gasteiger charge is 2.50. The van der Waals surface area contributed by atoms with Crippen molar-refractivity contribution in [2.24, 2.45) is 0 Å². The van der Waals surface area contributed by atoms with Crippen LogP contribution in [0.5, 0.6) is 0 Å². The summed E-state index contributed by atoms with van der Waals surface area (Å²) in [4.78, 5) is 24.5. The van der Waals surface area contributed by atoms with E-state index in [1.54, 1.807) is 0 Å². The molecule has 2 atom stereocenters. The summed E-state index contributed by atoms with van der Waals surface area (Å²) in [5, 5.41) is 2.76. The molecule has 1 N–H and O–H groups in total. The minimum atomic E-state index is -0.505. The monoisotopic (exact) mass is 212 g/mol. The lowest BCUT2D eigenvalue weighted by Crippen LogP contribution is -2.65. The molecule has 2 fully saturated rings. The molecule has 2 amide bonds. The highest BCUT2D eigenvalue weighted by molar-refractivity contribution is 5.93. The molecular formula is C10H16N2O3. The number of ether oxygens (including phenoxy) is 1. The number of fused-ring (bicyclic) bond motifs is 1. The zero-order valence-electron chi connectivity index (χ0n) is 9.24. The van der Waals surface area contributed by atoms with E-state index in [1.165, 1.54) is 4.90 Å². The first-order valence-electron chi connectivity index (χ1n) is 5.18. The van der Waals surface area contributed by atoms with Crippen LogP contribution in [0.1, 0.15) is 27.2 Å². The van der Waals surface area contributed by atoms with E-state index in [0.29, 0.717) is 6.54 Å². The van der Waals surface area contributed by atoms with Crippen LogP contribution in [0.3, 0.4) is 0 Å². The average molecular weight is 212 g/mol. The Morgan fingerprint density at radius 3 is 2.73 bits per heavy atom. The van der Waals surface area contributed by atoms with E-state index in [2.05, 4.69) is 5.32 Å². The molecule has 2 aliphatic heterocycles. The van der Waals surface area contributed by atoms with Crippen LogP contribution in [0.2, 0.25) is 0 Å². The summed E-state index contributed by atoms with van der Waals surface area (Å²) in [6.45, 7) is 6.06. The maximum absolute atomic E-state index is 11.7. The van der Waals surface area contributed by atoms with Gasteiger partial charge in [0, 0.05) is 6.54 Å². The molecule has 0 aromatic rings. The third-order valence-electron chi connectivity index (χ3n) is 2.62. The fraction of sp³-hybridized carbons (Fsp3) is 0.800. The minimum absolute atomic E-state index is 0.0663. The Bertz CT molecular complexity index is 308. The van der Waals surface area contributed by atoms with Gasteiger partial charge in [0.1, 0.15) is 11.6 Å². The van der Waals surface area contributed by atoms with Crippen molar-refractivity contribution in [2.75, 3.05) is 6.54 Å². The molecule has 84 valence electrons. The van der Waals surface area contributed by atoms with Gasteiger partial charge in [-0.15, -0.1) is 0 Å². The second kappa shape index (κ2) is 3.12. The van der Waals surface area contributed by atoms with Gasteiger partial charge in [-0.25, -0.2) is 4.79 Å². The predicted octanol–water partition coefficient (Wildman–Crippen LogP) is 0.494. The van der Waals surface area contributed by atoms with E-state index < -0.39 is 5.60 Å². The van der Waals surface area contributed by atoms with E-state index in [4.69, 9.17) is 4.74 Å². The Labute approximate surface area is 88.8 Å². The zero-order valence-corrected chi connectivity index (χ0v) is 9.24. The Balaban J connectivity index is 2.00. The largest absolute Gasteiger partial charge is 0.444 e. The SMILES string of the molecule is CC(C)(C)OC(=O)N1CCC2NC(=O)C21. The summed E-state index contributed by atoms with van der Waals surface area (Å²) in [6, 6.07) is -0.148. The number of likely N-dealkylation sites (tertiary alicyclic amines) is 1. The van der Waals surface area contributed by atoms with Crippen molar-refractivity contribution >= 4 is 12.0 Å². The van der Waals surface area contributed by atoms with Gasteiger partial charge in [0.15, 0.2) is 0 Å². The van der Waals surface area contributed by atoms with Gasteiger partial charge in [-0.3, -0.25) is 9.69 Å². The zero-order chi connectivity index (χ0) is 11.2. The topological polar surface area (TPSA) is 58.6 Å². The summed E-state index contributed by atoms with van der Waals surface area (Å²) < 4.78 is 5.23. The Kier molecular flexibility index (Phi) is 2.13. The van der Waals surface area contributed by atoms with Crippen LogP contribution in [0, 0.1) is 0 Å². The first-order valence-corrected chi connectivity index (χ1v) is 5.18. The molecule has 0 saturated carbocycles. The number of hydrogen-bond acceptors (Lipinski definition) is 3. The number of rotatable bonds is 0. The molecule has 15 heavy (non-hydrogen) atoms. The standard InChI is InChI=1S/C10H16N2O3/c1-10(2,3)15-9(14)12-5-4-6-7(12)8(13)11-6/h6-7H,4-5H2,1-3H3,(H,11,13). The third kappa shape index (κ3) is 1.78. The van der Waals surface area contributed by atoms with Crippen LogP contribution in [-0.4, -0.2) is 41.1 Å². The molecule has 2 heterocycles. The van der Waals surface area contributed by atoms with Crippen molar-refractivity contribution in [2.45, 2.75) is 44.9 Å². The maximum Gasteiger partial charge on any atom is 0.411 e. The molecule has 2 saturated heterocycles. The van der Waals surface area contributed by atoms with Gasteiger partial charge in [0.25, 0.3) is 0 Å². The van der Waals surface area contributed by atoms with Crippen molar-refractivity contribution in [1.82, 2.24) is 10.2 Å². The van der Waals surface area contributed by atoms with Gasteiger partial charge in [-0.05, 0) is 27.2 Å². The van der Waals surface area contributed by atoms with E-state index in [9.17, 15) is 9.59 Å². The number of carbonyl (C=O) groups excluding carboxylic acids is 2. The number of nitrogens with zero attached hydrogens (tertiary/aromatic N) is 1. The molecular weight excluding hydrogens is 196 g/mol. The molecule has 5 heteroatoms. The summed E-state index contributed by atoms with van der Waals surface area (Å²) in [6.07, 6.45) is 0.445. The highest BCUT2D eigenvalue weighted by atomic mass is 16.6. The van der Waals surface area contributed by atoms with Crippen molar-refractivity contribution < 1.29 is 14.3 Å². The fourth-order valence-electron chi connectivity index (χ4n) is 1.96. The summed E-state index contributed by atoms with van der Waals surface area (Å²) in [5.74, 6) is -0.0663. The van der Waals surface area contributed by atoms with Crippen molar-refractivity contribution in [3.8, 4) is 0 Å². The lowest BCUT2D eigenvalue weighted by Gasteiger charge is -2.36. The second-order valence-electron chi connectivity index (χ2n) is 5.02. The molecule has 2 aliphatic rings. The van der Waals surface area contributed by atoms with Gasteiger partial charge < -0.3 is 10.1 Å². The molecule has 2 rings (SSSR count). The van der Waals surface area contributed by atoms with Crippen LogP contribution in [0.4, 0.5) is 4.79 Å². The molecule has 0 bridgehead atoms.